The molecule has 0 saturated carbocycles. The Bertz CT molecular complexity index is 451. The van der Waals surface area contributed by atoms with E-state index in [1.54, 1.807) is 23.1 Å². The van der Waals surface area contributed by atoms with Crippen molar-refractivity contribution >= 4 is 29.1 Å². The summed E-state index contributed by atoms with van der Waals surface area (Å²) in [5, 5.41) is 10.5. The molecule has 0 bridgehead atoms. The van der Waals surface area contributed by atoms with E-state index in [1.807, 2.05) is 0 Å². The summed E-state index contributed by atoms with van der Waals surface area (Å²) in [6.07, 6.45) is 1.53. The second-order valence-electron chi connectivity index (χ2n) is 4.56. The molecule has 1 aromatic rings. The van der Waals surface area contributed by atoms with Gasteiger partial charge in [0.1, 0.15) is 0 Å². The van der Waals surface area contributed by atoms with E-state index in [0.29, 0.717) is 23.0 Å². The summed E-state index contributed by atoms with van der Waals surface area (Å²) in [5.41, 5.74) is 0.842. The number of benzene rings is 1. The average Bonchev–Trinajstić information content (AvgIpc) is 2.34. The summed E-state index contributed by atoms with van der Waals surface area (Å²) < 4.78 is 0. The number of aliphatic hydroxyl groups is 1. The fourth-order valence-corrected chi connectivity index (χ4v) is 2.44. The molecule has 1 amide bonds. The maximum Gasteiger partial charge on any atom is 0.227 e. The van der Waals surface area contributed by atoms with Crippen LogP contribution >= 0.6 is 23.2 Å². The maximum atomic E-state index is 12.0. The van der Waals surface area contributed by atoms with E-state index in [4.69, 9.17) is 23.2 Å². The number of amides is 1. The van der Waals surface area contributed by atoms with Crippen molar-refractivity contribution in [1.29, 1.82) is 0 Å². The van der Waals surface area contributed by atoms with Gasteiger partial charge in [0.2, 0.25) is 5.91 Å². The van der Waals surface area contributed by atoms with Crippen LogP contribution in [0.2, 0.25) is 10.0 Å². The van der Waals surface area contributed by atoms with Crippen LogP contribution in [0.15, 0.2) is 18.2 Å². The molecular weight excluding hydrogens is 273 g/mol. The van der Waals surface area contributed by atoms with Gasteiger partial charge in [-0.05, 0) is 30.5 Å². The number of halogens is 2. The molecule has 1 aliphatic rings. The monoisotopic (exact) mass is 287 g/mol. The predicted octanol–water partition coefficient (Wildman–Crippen LogP) is 2.52. The van der Waals surface area contributed by atoms with Crippen molar-refractivity contribution in [2.75, 3.05) is 13.1 Å². The van der Waals surface area contributed by atoms with Gasteiger partial charge in [-0.25, -0.2) is 0 Å². The maximum absolute atomic E-state index is 12.0. The Morgan fingerprint density at radius 3 is 2.83 bits per heavy atom. The fourth-order valence-electron chi connectivity index (χ4n) is 2.12. The molecule has 1 aromatic carbocycles. The lowest BCUT2D eigenvalue weighted by Gasteiger charge is -2.30. The standard InChI is InChI=1S/C13H15Cl2NO2/c14-11-4-3-9(6-12(11)15)7-13(18)16-5-1-2-10(17)8-16/h3-4,6,10,17H,1-2,5,7-8H2. The number of hydrogen-bond donors (Lipinski definition) is 1. The molecule has 0 aliphatic carbocycles. The largest absolute Gasteiger partial charge is 0.391 e. The fraction of sp³-hybridized carbons (Fsp3) is 0.462. The normalized spacial score (nSPS) is 19.9. The first-order valence-electron chi connectivity index (χ1n) is 5.96. The molecule has 18 heavy (non-hydrogen) atoms. The number of piperidine rings is 1. The SMILES string of the molecule is O=C(Cc1ccc(Cl)c(Cl)c1)N1CCCC(O)C1. The molecule has 0 radical (unpaired) electrons. The molecule has 98 valence electrons. The smallest absolute Gasteiger partial charge is 0.227 e. The molecule has 1 aliphatic heterocycles. The summed E-state index contributed by atoms with van der Waals surface area (Å²) in [6, 6.07) is 5.20. The van der Waals surface area contributed by atoms with Crippen LogP contribution in [-0.4, -0.2) is 35.1 Å². The Labute approximate surface area is 116 Å². The Hall–Kier alpha value is -0.770. The van der Waals surface area contributed by atoms with Gasteiger partial charge in [-0.3, -0.25) is 4.79 Å². The summed E-state index contributed by atoms with van der Waals surface area (Å²) in [4.78, 5) is 13.8. The molecule has 3 nitrogen and oxygen atoms in total. The van der Waals surface area contributed by atoms with Crippen LogP contribution in [0.1, 0.15) is 18.4 Å². The zero-order chi connectivity index (χ0) is 13.1. The van der Waals surface area contributed by atoms with Gasteiger partial charge in [0.25, 0.3) is 0 Å². The van der Waals surface area contributed by atoms with Gasteiger partial charge < -0.3 is 10.0 Å². The number of aliphatic hydroxyl groups excluding tert-OH is 1. The van der Waals surface area contributed by atoms with Crippen LogP contribution in [0.3, 0.4) is 0 Å². The van der Waals surface area contributed by atoms with Gasteiger partial charge in [0.05, 0.1) is 22.6 Å². The summed E-state index contributed by atoms with van der Waals surface area (Å²) >= 11 is 11.7. The van der Waals surface area contributed by atoms with Crippen LogP contribution in [0.5, 0.6) is 0 Å². The second kappa shape index (κ2) is 5.91. The van der Waals surface area contributed by atoms with Gasteiger partial charge in [0.15, 0.2) is 0 Å². The second-order valence-corrected chi connectivity index (χ2v) is 5.38. The van der Waals surface area contributed by atoms with Gasteiger partial charge in [0, 0.05) is 13.1 Å². The molecule has 0 spiro atoms. The van der Waals surface area contributed by atoms with Crippen molar-refractivity contribution in [3.8, 4) is 0 Å². The molecule has 1 unspecified atom stereocenters. The minimum atomic E-state index is -0.392. The lowest BCUT2D eigenvalue weighted by Crippen LogP contribution is -2.42. The van der Waals surface area contributed by atoms with E-state index >= 15 is 0 Å². The molecule has 5 heteroatoms. The third-order valence-electron chi connectivity index (χ3n) is 3.09. The first-order valence-corrected chi connectivity index (χ1v) is 6.71. The number of nitrogens with zero attached hydrogens (tertiary/aromatic N) is 1. The quantitative estimate of drug-likeness (QED) is 0.908. The van der Waals surface area contributed by atoms with Gasteiger partial charge in [-0.1, -0.05) is 29.3 Å². The van der Waals surface area contributed by atoms with Crippen molar-refractivity contribution in [3.63, 3.8) is 0 Å². The summed E-state index contributed by atoms with van der Waals surface area (Å²) in [5.74, 6) is 0.0205. The number of carbonyl (C=O) groups excluding carboxylic acids is 1. The van der Waals surface area contributed by atoms with Gasteiger partial charge in [-0.15, -0.1) is 0 Å². The molecule has 0 aromatic heterocycles. The molecule has 1 saturated heterocycles. The first kappa shape index (κ1) is 13.7. The number of carbonyl (C=O) groups is 1. The van der Waals surface area contributed by atoms with Crippen LogP contribution in [-0.2, 0) is 11.2 Å². The van der Waals surface area contributed by atoms with Crippen LogP contribution in [0.25, 0.3) is 0 Å². The highest BCUT2D eigenvalue weighted by Gasteiger charge is 2.22. The Morgan fingerprint density at radius 1 is 1.39 bits per heavy atom. The average molecular weight is 288 g/mol. The van der Waals surface area contributed by atoms with Crippen molar-refractivity contribution in [2.45, 2.75) is 25.4 Å². The summed E-state index contributed by atoms with van der Waals surface area (Å²) in [7, 11) is 0. The minimum Gasteiger partial charge on any atom is -0.391 e. The lowest BCUT2D eigenvalue weighted by molar-refractivity contribution is -0.133. The Balaban J connectivity index is 2.00. The van der Waals surface area contributed by atoms with E-state index in [2.05, 4.69) is 0 Å². The Kier molecular flexibility index (Phi) is 4.49. The minimum absolute atomic E-state index is 0.0205. The first-order chi connectivity index (χ1) is 8.56. The lowest BCUT2D eigenvalue weighted by atomic mass is 10.1. The van der Waals surface area contributed by atoms with Crippen LogP contribution in [0, 0.1) is 0 Å². The number of likely N-dealkylation sites (tertiary alicyclic amines) is 1. The zero-order valence-corrected chi connectivity index (χ0v) is 11.4. The molecule has 2 rings (SSSR count). The van der Waals surface area contributed by atoms with E-state index in [-0.39, 0.29) is 5.91 Å². The number of hydrogen-bond acceptors (Lipinski definition) is 2. The molecule has 1 atom stereocenters. The van der Waals surface area contributed by atoms with Crippen molar-refractivity contribution in [1.82, 2.24) is 4.90 Å². The highest BCUT2D eigenvalue weighted by Crippen LogP contribution is 2.23. The van der Waals surface area contributed by atoms with E-state index in [0.717, 1.165) is 24.9 Å². The van der Waals surface area contributed by atoms with Gasteiger partial charge in [-0.2, -0.15) is 0 Å². The van der Waals surface area contributed by atoms with Gasteiger partial charge >= 0.3 is 0 Å². The topological polar surface area (TPSA) is 40.5 Å². The van der Waals surface area contributed by atoms with Crippen molar-refractivity contribution in [2.24, 2.45) is 0 Å². The zero-order valence-electron chi connectivity index (χ0n) is 9.90. The predicted molar refractivity (Wildman–Crippen MR) is 72.0 cm³/mol. The highest BCUT2D eigenvalue weighted by molar-refractivity contribution is 6.42. The summed E-state index contributed by atoms with van der Waals surface area (Å²) in [6.45, 7) is 1.15. The number of β-amino-alcohol motifs (C(OH)–C–C–N with tert-alkyl or cyclic N) is 1. The Morgan fingerprint density at radius 2 is 2.17 bits per heavy atom. The van der Waals surface area contributed by atoms with Crippen LogP contribution < -0.4 is 0 Å². The molecule has 1 N–H and O–H groups in total. The molecular formula is C13H15Cl2NO2. The van der Waals surface area contributed by atoms with Crippen molar-refractivity contribution in [3.05, 3.63) is 33.8 Å². The molecule has 1 fully saturated rings. The molecule has 1 heterocycles. The van der Waals surface area contributed by atoms with Crippen molar-refractivity contribution < 1.29 is 9.90 Å². The number of rotatable bonds is 2. The van der Waals surface area contributed by atoms with E-state index < -0.39 is 6.10 Å². The third-order valence-corrected chi connectivity index (χ3v) is 3.83. The highest BCUT2D eigenvalue weighted by atomic mass is 35.5. The van der Waals surface area contributed by atoms with E-state index in [9.17, 15) is 9.90 Å². The van der Waals surface area contributed by atoms with E-state index in [1.165, 1.54) is 0 Å². The third kappa shape index (κ3) is 3.37. The van der Waals surface area contributed by atoms with Crippen LogP contribution in [0.4, 0.5) is 0 Å².